The minimum atomic E-state index is 1.03. The summed E-state index contributed by atoms with van der Waals surface area (Å²) in [6.45, 7) is 6.54. The van der Waals surface area contributed by atoms with Crippen LogP contribution in [0.1, 0.15) is 16.7 Å². The first-order valence-corrected chi connectivity index (χ1v) is 9.97. The van der Waals surface area contributed by atoms with E-state index >= 15 is 0 Å². The molecular weight excluding hydrogens is 354 g/mol. The van der Waals surface area contributed by atoms with Crippen molar-refractivity contribution in [1.82, 2.24) is 9.55 Å². The van der Waals surface area contributed by atoms with Crippen LogP contribution in [0, 0.1) is 20.8 Å². The molecule has 142 valence electrons. The number of benzene rings is 3. The van der Waals surface area contributed by atoms with Crippen molar-refractivity contribution in [3.8, 4) is 17.1 Å². The molecule has 2 aromatic heterocycles. The molecule has 0 bridgehead atoms. The smallest absolute Gasteiger partial charge is 0.256 e. The third-order valence-electron chi connectivity index (χ3n) is 5.89. The van der Waals surface area contributed by atoms with Crippen molar-refractivity contribution in [1.29, 1.82) is 0 Å². The molecule has 0 aliphatic carbocycles. The molecule has 3 heteroatoms. The van der Waals surface area contributed by atoms with E-state index < -0.39 is 0 Å². The second kappa shape index (κ2) is 6.56. The number of nitrogens with zero attached hydrogens (tertiary/aromatic N) is 3. The molecule has 3 aromatic carbocycles. The van der Waals surface area contributed by atoms with Crippen LogP contribution in [-0.2, 0) is 7.05 Å². The van der Waals surface area contributed by atoms with E-state index in [2.05, 4.69) is 97.9 Å². The Kier molecular flexibility index (Phi) is 3.99. The predicted octanol–water partition coefficient (Wildman–Crippen LogP) is 5.60. The summed E-state index contributed by atoms with van der Waals surface area (Å²) in [7, 11) is 2.12. The van der Waals surface area contributed by atoms with Crippen LogP contribution in [0.2, 0.25) is 0 Å². The molecule has 5 aromatic rings. The molecule has 0 atom stereocenters. The molecule has 0 saturated heterocycles. The van der Waals surface area contributed by atoms with E-state index in [0.717, 1.165) is 5.52 Å². The van der Waals surface area contributed by atoms with E-state index in [1.54, 1.807) is 0 Å². The first kappa shape index (κ1) is 17.6. The lowest BCUT2D eigenvalue weighted by atomic mass is 9.97. The summed E-state index contributed by atoms with van der Waals surface area (Å²) < 4.78 is 4.53. The van der Waals surface area contributed by atoms with Gasteiger partial charge in [-0.1, -0.05) is 48.5 Å². The van der Waals surface area contributed by atoms with E-state index in [4.69, 9.17) is 4.98 Å². The third-order valence-corrected chi connectivity index (χ3v) is 5.89. The highest BCUT2D eigenvalue weighted by Crippen LogP contribution is 2.35. The van der Waals surface area contributed by atoms with Crippen LogP contribution in [0.15, 0.2) is 73.2 Å². The zero-order valence-corrected chi connectivity index (χ0v) is 17.3. The highest BCUT2D eigenvalue weighted by molar-refractivity contribution is 6.10. The zero-order chi connectivity index (χ0) is 20.1. The summed E-state index contributed by atoms with van der Waals surface area (Å²) in [4.78, 5) is 4.77. The summed E-state index contributed by atoms with van der Waals surface area (Å²) in [6.07, 6.45) is 6.33. The van der Waals surface area contributed by atoms with E-state index in [-0.39, 0.29) is 0 Å². The SMILES string of the molecule is Cc1cccc(C)c1-n1cc[n+](C)c1-c1c(C)ccc2c1cnc1ccccc12. The second-order valence-electron chi connectivity index (χ2n) is 7.84. The van der Waals surface area contributed by atoms with Crippen LogP contribution in [0.4, 0.5) is 0 Å². The fourth-order valence-electron chi connectivity index (χ4n) is 4.48. The van der Waals surface area contributed by atoms with Crippen LogP contribution >= 0.6 is 0 Å². The maximum Gasteiger partial charge on any atom is 0.294 e. The molecule has 3 nitrogen and oxygen atoms in total. The summed E-state index contributed by atoms with van der Waals surface area (Å²) in [6, 6.07) is 19.3. The Morgan fingerprint density at radius 1 is 0.759 bits per heavy atom. The second-order valence-corrected chi connectivity index (χ2v) is 7.84. The molecule has 0 radical (unpaired) electrons. The lowest BCUT2D eigenvalue weighted by Gasteiger charge is -2.13. The van der Waals surface area contributed by atoms with Crippen LogP contribution in [0.5, 0.6) is 0 Å². The zero-order valence-electron chi connectivity index (χ0n) is 17.3. The van der Waals surface area contributed by atoms with E-state index in [1.807, 2.05) is 12.3 Å². The number of imidazole rings is 1. The Hall–Kier alpha value is -3.46. The van der Waals surface area contributed by atoms with Gasteiger partial charge in [0.05, 0.1) is 18.1 Å². The van der Waals surface area contributed by atoms with Gasteiger partial charge in [0.25, 0.3) is 5.82 Å². The molecule has 0 aliphatic rings. The molecule has 0 fully saturated rings. The summed E-state index contributed by atoms with van der Waals surface area (Å²) in [5.41, 5.74) is 7.29. The number of hydrogen-bond acceptors (Lipinski definition) is 1. The predicted molar refractivity (Wildman–Crippen MR) is 119 cm³/mol. The summed E-state index contributed by atoms with van der Waals surface area (Å²) >= 11 is 0. The van der Waals surface area contributed by atoms with E-state index in [1.165, 1.54) is 49.9 Å². The Balaban J connectivity index is 1.90. The minimum absolute atomic E-state index is 1.03. The molecule has 2 heterocycles. The van der Waals surface area contributed by atoms with Gasteiger partial charge in [-0.2, -0.15) is 4.57 Å². The van der Waals surface area contributed by atoms with Crippen molar-refractivity contribution >= 4 is 21.7 Å². The lowest BCUT2D eigenvalue weighted by molar-refractivity contribution is -0.659. The summed E-state index contributed by atoms with van der Waals surface area (Å²) in [5, 5.41) is 3.62. The standard InChI is InChI=1S/C26H24N3/c1-17-12-13-20-21-10-5-6-11-23(21)27-16-22(20)24(17)26-28(4)14-15-29(26)25-18(2)8-7-9-19(25)3/h5-16H,1-4H3/q+1. The first-order chi connectivity index (χ1) is 14.1. The quantitative estimate of drug-likeness (QED) is 0.290. The largest absolute Gasteiger partial charge is 0.294 e. The summed E-state index contributed by atoms with van der Waals surface area (Å²) in [5.74, 6) is 1.17. The molecule has 5 rings (SSSR count). The van der Waals surface area contributed by atoms with Crippen molar-refractivity contribution in [2.45, 2.75) is 20.8 Å². The fraction of sp³-hybridized carbons (Fsp3) is 0.154. The molecule has 0 amide bonds. The number of rotatable bonds is 2. The number of pyridine rings is 1. The Bertz CT molecular complexity index is 1370. The average molecular weight is 378 g/mol. The molecule has 0 aliphatic heterocycles. The van der Waals surface area contributed by atoms with Crippen LogP contribution in [-0.4, -0.2) is 9.55 Å². The molecular formula is C26H24N3+. The molecule has 0 N–H and O–H groups in total. The molecule has 0 unspecified atom stereocenters. The fourth-order valence-corrected chi connectivity index (χ4v) is 4.48. The topological polar surface area (TPSA) is 21.7 Å². The van der Waals surface area contributed by atoms with Gasteiger partial charge in [0.15, 0.2) is 0 Å². The van der Waals surface area contributed by atoms with Crippen molar-refractivity contribution in [3.63, 3.8) is 0 Å². The third kappa shape index (κ3) is 2.65. The van der Waals surface area contributed by atoms with Gasteiger partial charge in [-0.05, 0) is 48.9 Å². The van der Waals surface area contributed by atoms with Gasteiger partial charge in [-0.25, -0.2) is 4.57 Å². The number of aromatic nitrogens is 3. The number of hydrogen-bond donors (Lipinski definition) is 0. The number of fused-ring (bicyclic) bond motifs is 3. The van der Waals surface area contributed by atoms with Gasteiger partial charge in [-0.3, -0.25) is 4.98 Å². The van der Waals surface area contributed by atoms with Crippen molar-refractivity contribution in [3.05, 3.63) is 89.9 Å². The minimum Gasteiger partial charge on any atom is -0.256 e. The van der Waals surface area contributed by atoms with Gasteiger partial charge in [0.1, 0.15) is 18.1 Å². The Morgan fingerprint density at radius 3 is 2.31 bits per heavy atom. The molecule has 29 heavy (non-hydrogen) atoms. The molecule has 0 saturated carbocycles. The van der Waals surface area contributed by atoms with Gasteiger partial charge in [-0.15, -0.1) is 0 Å². The van der Waals surface area contributed by atoms with Gasteiger partial charge < -0.3 is 0 Å². The lowest BCUT2D eigenvalue weighted by Crippen LogP contribution is -2.29. The Labute approximate surface area is 170 Å². The highest BCUT2D eigenvalue weighted by Gasteiger charge is 2.25. The van der Waals surface area contributed by atoms with E-state index in [9.17, 15) is 0 Å². The van der Waals surface area contributed by atoms with Crippen LogP contribution in [0.25, 0.3) is 38.8 Å². The van der Waals surface area contributed by atoms with Gasteiger partial charge in [0.2, 0.25) is 0 Å². The maximum atomic E-state index is 4.77. The maximum absolute atomic E-state index is 4.77. The Morgan fingerprint density at radius 2 is 1.52 bits per heavy atom. The first-order valence-electron chi connectivity index (χ1n) is 9.97. The van der Waals surface area contributed by atoms with Crippen molar-refractivity contribution in [2.75, 3.05) is 0 Å². The highest BCUT2D eigenvalue weighted by atomic mass is 15.1. The normalized spacial score (nSPS) is 11.4. The van der Waals surface area contributed by atoms with Gasteiger partial charge >= 0.3 is 0 Å². The number of para-hydroxylation sites is 2. The van der Waals surface area contributed by atoms with E-state index in [0.29, 0.717) is 0 Å². The monoisotopic (exact) mass is 378 g/mol. The van der Waals surface area contributed by atoms with Crippen molar-refractivity contribution in [2.24, 2.45) is 7.05 Å². The van der Waals surface area contributed by atoms with Crippen molar-refractivity contribution < 1.29 is 4.57 Å². The number of aryl methyl sites for hydroxylation is 4. The van der Waals surface area contributed by atoms with Crippen LogP contribution in [0.3, 0.4) is 0 Å². The van der Waals surface area contributed by atoms with Gasteiger partial charge in [0, 0.05) is 17.0 Å². The van der Waals surface area contributed by atoms with Crippen LogP contribution < -0.4 is 4.57 Å². The molecule has 0 spiro atoms. The average Bonchev–Trinajstić information content (AvgIpc) is 3.08.